The van der Waals surface area contributed by atoms with Gasteiger partial charge >= 0.3 is 5.97 Å². The Labute approximate surface area is 204 Å². The number of ether oxygens (including phenoxy) is 2. The summed E-state index contributed by atoms with van der Waals surface area (Å²) in [5.41, 5.74) is 0.998. The lowest BCUT2D eigenvalue weighted by Gasteiger charge is -2.24. The Bertz CT molecular complexity index is 709. The predicted molar refractivity (Wildman–Crippen MR) is 132 cm³/mol. The highest BCUT2D eigenvalue weighted by Crippen LogP contribution is 2.30. The number of hydrogen-bond donors (Lipinski definition) is 5. The van der Waals surface area contributed by atoms with E-state index in [9.17, 15) is 20.1 Å². The zero-order chi connectivity index (χ0) is 24.8. The van der Waals surface area contributed by atoms with Gasteiger partial charge in [0.05, 0.1) is 12.2 Å². The van der Waals surface area contributed by atoms with E-state index in [-0.39, 0.29) is 30.0 Å². The fourth-order valence-electron chi connectivity index (χ4n) is 4.23. The summed E-state index contributed by atoms with van der Waals surface area (Å²) in [7, 11) is 0. The molecule has 0 aliphatic carbocycles. The molecule has 0 unspecified atom stereocenters. The Morgan fingerprint density at radius 1 is 1.18 bits per heavy atom. The molecule has 0 aromatic heterocycles. The molecule has 3 atom stereocenters. The average Bonchev–Trinajstić information content (AvgIpc) is 2.79. The van der Waals surface area contributed by atoms with Gasteiger partial charge in [0.2, 0.25) is 0 Å². The number of benzene rings is 1. The van der Waals surface area contributed by atoms with E-state index in [1.165, 1.54) is 6.92 Å². The molecule has 0 saturated carbocycles. The van der Waals surface area contributed by atoms with Crippen LogP contribution in [0.3, 0.4) is 0 Å². The molecule has 1 aliphatic heterocycles. The third-order valence-corrected chi connectivity index (χ3v) is 6.06. The molecular weight excluding hydrogens is 436 g/mol. The number of phenols is 1. The summed E-state index contributed by atoms with van der Waals surface area (Å²) in [6.45, 7) is 6.43. The van der Waals surface area contributed by atoms with Crippen molar-refractivity contribution < 1.29 is 29.6 Å². The smallest absolute Gasteiger partial charge is 0.302 e. The van der Waals surface area contributed by atoms with Crippen molar-refractivity contribution in [2.75, 3.05) is 26.2 Å². The van der Waals surface area contributed by atoms with E-state index in [1.807, 2.05) is 12.1 Å². The number of rotatable bonds is 16. The van der Waals surface area contributed by atoms with Gasteiger partial charge in [0.25, 0.3) is 0 Å². The number of carbonyl (C=O) groups excluding carboxylic acids is 1. The summed E-state index contributed by atoms with van der Waals surface area (Å²) in [4.78, 5) is 11.6. The van der Waals surface area contributed by atoms with Crippen molar-refractivity contribution in [1.82, 2.24) is 10.6 Å². The number of carbonyl (C=O) groups is 1. The van der Waals surface area contributed by atoms with Crippen molar-refractivity contribution in [2.45, 2.75) is 96.1 Å². The van der Waals surface area contributed by atoms with Crippen LogP contribution in [0.5, 0.6) is 11.5 Å². The van der Waals surface area contributed by atoms with Crippen molar-refractivity contribution in [1.29, 1.82) is 0 Å². The van der Waals surface area contributed by atoms with Gasteiger partial charge in [-0.05, 0) is 82.8 Å². The van der Waals surface area contributed by atoms with Crippen LogP contribution in [-0.2, 0) is 16.0 Å². The minimum Gasteiger partial charge on any atom is -0.504 e. The quantitative estimate of drug-likeness (QED) is 0.181. The Hall–Kier alpha value is -1.87. The van der Waals surface area contributed by atoms with Crippen molar-refractivity contribution >= 4 is 5.97 Å². The number of aliphatic hydroxyl groups excluding tert-OH is 2. The first-order valence-electron chi connectivity index (χ1n) is 12.8. The first-order chi connectivity index (χ1) is 16.3. The van der Waals surface area contributed by atoms with E-state index in [1.54, 1.807) is 13.0 Å². The average molecular weight is 481 g/mol. The molecule has 34 heavy (non-hydrogen) atoms. The van der Waals surface area contributed by atoms with Gasteiger partial charge in [-0.25, -0.2) is 0 Å². The standard InChI is InChI=1S/C26H44N2O6/c1-19(29)18-28-13-5-3-4-6-22(31)17-24(33-20(2)30)9-7-21-8-10-25(32)26(16-21)34-23-11-14-27-15-12-23/h8,10,16,19,22-24,27-29,31-32H,3-7,9,11-15,17-18H2,1-2H3/t19-,22-,24+/m0/s1. The molecule has 1 aliphatic rings. The lowest BCUT2D eigenvalue weighted by molar-refractivity contribution is -0.148. The zero-order valence-corrected chi connectivity index (χ0v) is 20.8. The van der Waals surface area contributed by atoms with Crippen molar-refractivity contribution in [3.8, 4) is 11.5 Å². The molecule has 1 saturated heterocycles. The van der Waals surface area contributed by atoms with E-state index < -0.39 is 6.10 Å². The summed E-state index contributed by atoms with van der Waals surface area (Å²) >= 11 is 0. The van der Waals surface area contributed by atoms with Crippen LogP contribution in [0.1, 0.15) is 70.8 Å². The Balaban J connectivity index is 1.77. The number of aromatic hydroxyl groups is 1. The molecule has 0 bridgehead atoms. The van der Waals surface area contributed by atoms with Gasteiger partial charge in [0, 0.05) is 19.9 Å². The van der Waals surface area contributed by atoms with Crippen molar-refractivity contribution in [2.24, 2.45) is 0 Å². The second-order valence-electron chi connectivity index (χ2n) is 9.43. The van der Waals surface area contributed by atoms with Crippen LogP contribution >= 0.6 is 0 Å². The van der Waals surface area contributed by atoms with Crippen LogP contribution < -0.4 is 15.4 Å². The number of aliphatic hydroxyl groups is 2. The molecule has 1 fully saturated rings. The molecule has 1 aromatic carbocycles. The van der Waals surface area contributed by atoms with Crippen LogP contribution in [0.2, 0.25) is 0 Å². The van der Waals surface area contributed by atoms with Crippen LogP contribution in [0.25, 0.3) is 0 Å². The largest absolute Gasteiger partial charge is 0.504 e. The van der Waals surface area contributed by atoms with Crippen LogP contribution in [0.4, 0.5) is 0 Å². The molecule has 0 amide bonds. The normalized spacial score (nSPS) is 17.2. The summed E-state index contributed by atoms with van der Waals surface area (Å²) in [6.07, 6.45) is 5.93. The fraction of sp³-hybridized carbons (Fsp3) is 0.731. The second kappa shape index (κ2) is 15.9. The minimum absolute atomic E-state index is 0.0976. The first-order valence-corrected chi connectivity index (χ1v) is 12.8. The molecule has 8 nitrogen and oxygen atoms in total. The van der Waals surface area contributed by atoms with Gasteiger partial charge in [-0.1, -0.05) is 18.9 Å². The van der Waals surface area contributed by atoms with Crippen LogP contribution in [0, 0.1) is 0 Å². The summed E-state index contributed by atoms with van der Waals surface area (Å²) in [6, 6.07) is 5.37. The van der Waals surface area contributed by atoms with E-state index in [0.29, 0.717) is 38.0 Å². The number of unbranched alkanes of at least 4 members (excludes halogenated alkanes) is 2. The summed E-state index contributed by atoms with van der Waals surface area (Å²) < 4.78 is 11.5. The lowest BCUT2D eigenvalue weighted by atomic mass is 9.99. The fourth-order valence-corrected chi connectivity index (χ4v) is 4.23. The van der Waals surface area contributed by atoms with Gasteiger partial charge in [-0.3, -0.25) is 4.79 Å². The van der Waals surface area contributed by atoms with E-state index in [4.69, 9.17) is 9.47 Å². The van der Waals surface area contributed by atoms with E-state index >= 15 is 0 Å². The molecule has 5 N–H and O–H groups in total. The van der Waals surface area contributed by atoms with Gasteiger partial charge in [-0.15, -0.1) is 0 Å². The number of nitrogens with one attached hydrogen (secondary N) is 2. The highest BCUT2D eigenvalue weighted by atomic mass is 16.5. The van der Waals surface area contributed by atoms with Crippen molar-refractivity contribution in [3.05, 3.63) is 23.8 Å². The van der Waals surface area contributed by atoms with Gasteiger partial charge in [0.1, 0.15) is 12.2 Å². The number of phenolic OH excluding ortho intramolecular Hbond substituents is 1. The number of aryl methyl sites for hydroxylation is 1. The summed E-state index contributed by atoms with van der Waals surface area (Å²) in [5.74, 6) is 0.286. The SMILES string of the molecule is CC(=O)O[C@H](CCc1ccc(O)c(OC2CCNCC2)c1)C[C@@H](O)CCCCCNC[C@H](C)O. The molecule has 0 radical (unpaired) electrons. The number of hydrogen-bond acceptors (Lipinski definition) is 8. The third kappa shape index (κ3) is 12.0. The van der Waals surface area contributed by atoms with E-state index in [0.717, 1.165) is 57.3 Å². The second-order valence-corrected chi connectivity index (χ2v) is 9.43. The Kier molecular flexibility index (Phi) is 13.3. The maximum absolute atomic E-state index is 11.6. The topological polar surface area (TPSA) is 120 Å². The van der Waals surface area contributed by atoms with Crippen molar-refractivity contribution in [3.63, 3.8) is 0 Å². The molecular formula is C26H44N2O6. The maximum Gasteiger partial charge on any atom is 0.302 e. The lowest BCUT2D eigenvalue weighted by Crippen LogP contribution is -2.34. The minimum atomic E-state index is -0.520. The molecule has 2 rings (SSSR count). The Morgan fingerprint density at radius 3 is 2.65 bits per heavy atom. The molecule has 0 spiro atoms. The molecule has 1 heterocycles. The van der Waals surface area contributed by atoms with Gasteiger partial charge < -0.3 is 35.4 Å². The summed E-state index contributed by atoms with van der Waals surface area (Å²) in [5, 5.41) is 36.4. The monoisotopic (exact) mass is 480 g/mol. The number of piperidine rings is 1. The Morgan fingerprint density at radius 2 is 1.94 bits per heavy atom. The molecule has 194 valence electrons. The zero-order valence-electron chi connectivity index (χ0n) is 20.8. The highest BCUT2D eigenvalue weighted by molar-refractivity contribution is 5.66. The third-order valence-electron chi connectivity index (χ3n) is 6.06. The van der Waals surface area contributed by atoms with Crippen LogP contribution in [-0.4, -0.2) is 71.9 Å². The number of esters is 1. The molecule has 1 aromatic rings. The molecule has 8 heteroatoms. The van der Waals surface area contributed by atoms with E-state index in [2.05, 4.69) is 10.6 Å². The van der Waals surface area contributed by atoms with Gasteiger partial charge in [0.15, 0.2) is 11.5 Å². The highest BCUT2D eigenvalue weighted by Gasteiger charge is 2.19. The predicted octanol–water partition coefficient (Wildman–Crippen LogP) is 2.67. The maximum atomic E-state index is 11.6. The first kappa shape index (κ1) is 28.4. The van der Waals surface area contributed by atoms with Gasteiger partial charge in [-0.2, -0.15) is 0 Å². The van der Waals surface area contributed by atoms with Crippen LogP contribution in [0.15, 0.2) is 18.2 Å².